The highest BCUT2D eigenvalue weighted by atomic mass is 32.2. The maximum atomic E-state index is 13.1. The number of pyridine rings is 1. The molecule has 11 heteroatoms. The molecule has 0 N–H and O–H groups in total. The molecule has 0 spiro atoms. The van der Waals surface area contributed by atoms with E-state index in [9.17, 15) is 24.1 Å². The third-order valence-electron chi connectivity index (χ3n) is 4.77. The number of imide groups is 1. The number of thioether (sulfide) groups is 1. The highest BCUT2D eigenvalue weighted by molar-refractivity contribution is 8.18. The summed E-state index contributed by atoms with van der Waals surface area (Å²) in [5, 5.41) is 10.8. The second-order valence-corrected chi connectivity index (χ2v) is 7.98. The molecule has 2 aromatic carbocycles. The van der Waals surface area contributed by atoms with Crippen molar-refractivity contribution in [2.45, 2.75) is 6.54 Å². The number of ether oxygens (including phenoxy) is 2. The van der Waals surface area contributed by atoms with E-state index in [-0.39, 0.29) is 34.5 Å². The van der Waals surface area contributed by atoms with E-state index in [1.165, 1.54) is 61.8 Å². The van der Waals surface area contributed by atoms with E-state index in [1.807, 2.05) is 0 Å². The smallest absolute Gasteiger partial charge is 0.331 e. The maximum absolute atomic E-state index is 13.1. The van der Waals surface area contributed by atoms with E-state index in [2.05, 4.69) is 4.98 Å². The zero-order valence-corrected chi connectivity index (χ0v) is 18.5. The number of benzene rings is 2. The molecule has 1 aliphatic heterocycles. The van der Waals surface area contributed by atoms with Gasteiger partial charge in [0, 0.05) is 12.3 Å². The van der Waals surface area contributed by atoms with Gasteiger partial charge in [-0.1, -0.05) is 18.2 Å². The van der Waals surface area contributed by atoms with E-state index in [4.69, 9.17) is 9.47 Å². The predicted octanol–water partition coefficient (Wildman–Crippen LogP) is 5.17. The number of carbonyl (C=O) groups excluding carboxylic acids is 2. The van der Waals surface area contributed by atoms with Crippen LogP contribution in [-0.4, -0.2) is 33.1 Å². The molecule has 0 aliphatic carbocycles. The molecule has 2 heterocycles. The highest BCUT2D eigenvalue weighted by Gasteiger charge is 2.35. The molecule has 0 saturated carbocycles. The molecule has 1 aromatic heterocycles. The van der Waals surface area contributed by atoms with Crippen LogP contribution in [0, 0.1) is 15.9 Å². The van der Waals surface area contributed by atoms with E-state index in [0.717, 1.165) is 16.7 Å². The summed E-state index contributed by atoms with van der Waals surface area (Å²) in [5.74, 6) is -0.634. The molecule has 3 aromatic rings. The number of rotatable bonds is 7. The number of carbonyl (C=O) groups is 2. The Morgan fingerprint density at radius 1 is 1.15 bits per heavy atom. The summed E-state index contributed by atoms with van der Waals surface area (Å²) in [4.78, 5) is 40.9. The van der Waals surface area contributed by atoms with Gasteiger partial charge in [-0.05, 0) is 59.3 Å². The number of halogens is 1. The Morgan fingerprint density at radius 2 is 1.91 bits per heavy atom. The quantitative estimate of drug-likeness (QED) is 0.258. The second-order valence-electron chi connectivity index (χ2n) is 6.99. The molecule has 1 fully saturated rings. The fraction of sp³-hybridized carbons (Fsp3) is 0.0870. The molecule has 34 heavy (non-hydrogen) atoms. The van der Waals surface area contributed by atoms with Crippen LogP contribution >= 0.6 is 11.8 Å². The molecule has 2 amide bonds. The van der Waals surface area contributed by atoms with Gasteiger partial charge < -0.3 is 9.47 Å². The molecular formula is C23H16FN3O6S. The number of nitrogens with zero attached hydrogens (tertiary/aromatic N) is 3. The van der Waals surface area contributed by atoms with Crippen LogP contribution in [0.4, 0.5) is 14.9 Å². The molecular weight excluding hydrogens is 465 g/mol. The molecule has 9 nitrogen and oxygen atoms in total. The Labute approximate surface area is 197 Å². The fourth-order valence-corrected chi connectivity index (χ4v) is 3.96. The molecule has 0 unspecified atom stereocenters. The molecule has 1 aliphatic rings. The van der Waals surface area contributed by atoms with E-state index >= 15 is 0 Å². The Hall–Kier alpha value is -4.25. The Bertz CT molecular complexity index is 1310. The zero-order chi connectivity index (χ0) is 24.2. The minimum Gasteiger partial charge on any atom is -0.493 e. The van der Waals surface area contributed by atoms with E-state index in [1.54, 1.807) is 12.1 Å². The van der Waals surface area contributed by atoms with Crippen molar-refractivity contribution in [1.29, 1.82) is 0 Å². The lowest BCUT2D eigenvalue weighted by atomic mass is 10.1. The largest absolute Gasteiger partial charge is 0.493 e. The fourth-order valence-electron chi connectivity index (χ4n) is 3.12. The van der Waals surface area contributed by atoms with Crippen LogP contribution in [-0.2, 0) is 11.3 Å². The van der Waals surface area contributed by atoms with Crippen molar-refractivity contribution < 1.29 is 28.4 Å². The van der Waals surface area contributed by atoms with Gasteiger partial charge in [0.15, 0.2) is 11.5 Å². The van der Waals surface area contributed by atoms with Gasteiger partial charge in [-0.15, -0.1) is 0 Å². The van der Waals surface area contributed by atoms with Crippen molar-refractivity contribution in [3.8, 4) is 17.4 Å². The van der Waals surface area contributed by atoms with Gasteiger partial charge in [0.25, 0.3) is 17.0 Å². The number of amides is 2. The van der Waals surface area contributed by atoms with Crippen molar-refractivity contribution in [3.05, 3.63) is 92.8 Å². The Balaban J connectivity index is 1.55. The third kappa shape index (κ3) is 4.89. The van der Waals surface area contributed by atoms with Gasteiger partial charge in [0.2, 0.25) is 0 Å². The van der Waals surface area contributed by atoms with Crippen LogP contribution in [0.3, 0.4) is 0 Å². The first-order valence-electron chi connectivity index (χ1n) is 9.81. The molecule has 0 atom stereocenters. The summed E-state index contributed by atoms with van der Waals surface area (Å²) in [6.45, 7) is 0.0290. The number of aromatic nitrogens is 1. The second kappa shape index (κ2) is 9.71. The van der Waals surface area contributed by atoms with Gasteiger partial charge in [0.05, 0.1) is 23.5 Å². The minimum absolute atomic E-state index is 0.0290. The third-order valence-corrected chi connectivity index (χ3v) is 5.67. The first kappa shape index (κ1) is 22.9. The van der Waals surface area contributed by atoms with Crippen molar-refractivity contribution in [2.24, 2.45) is 0 Å². The van der Waals surface area contributed by atoms with Crippen LogP contribution in [0.2, 0.25) is 0 Å². The monoisotopic (exact) mass is 481 g/mol. The topological polar surface area (TPSA) is 112 Å². The standard InChI is InChI=1S/C23H16FN3O6S/c1-32-19-11-15(6-9-18(19)33-21-17(27(30)31)3-2-10-25-21)12-20-22(28)26(23(29)34-20)13-14-4-7-16(24)8-5-14/h2-12H,13H2,1H3/b20-12-. The van der Waals surface area contributed by atoms with Crippen LogP contribution in [0.5, 0.6) is 17.4 Å². The predicted molar refractivity (Wildman–Crippen MR) is 122 cm³/mol. The van der Waals surface area contributed by atoms with Crippen molar-refractivity contribution in [3.63, 3.8) is 0 Å². The normalized spacial score (nSPS) is 14.5. The first-order valence-corrected chi connectivity index (χ1v) is 10.6. The van der Waals surface area contributed by atoms with Crippen molar-refractivity contribution in [1.82, 2.24) is 9.88 Å². The van der Waals surface area contributed by atoms with Crippen LogP contribution < -0.4 is 9.47 Å². The van der Waals surface area contributed by atoms with Crippen molar-refractivity contribution >= 4 is 34.7 Å². The average Bonchev–Trinajstić information content (AvgIpc) is 3.08. The molecule has 1 saturated heterocycles. The summed E-state index contributed by atoms with van der Waals surface area (Å²) in [6.07, 6.45) is 2.90. The summed E-state index contributed by atoms with van der Waals surface area (Å²) in [7, 11) is 1.40. The van der Waals surface area contributed by atoms with Crippen LogP contribution in [0.15, 0.2) is 65.7 Å². The van der Waals surface area contributed by atoms with Gasteiger partial charge >= 0.3 is 5.69 Å². The summed E-state index contributed by atoms with van der Waals surface area (Å²) in [5.41, 5.74) is 0.868. The van der Waals surface area contributed by atoms with Gasteiger partial charge in [-0.2, -0.15) is 0 Å². The number of methoxy groups -OCH3 is 1. The molecule has 4 rings (SSSR count). The van der Waals surface area contributed by atoms with Gasteiger partial charge in [-0.25, -0.2) is 9.37 Å². The van der Waals surface area contributed by atoms with Gasteiger partial charge in [0.1, 0.15) is 5.82 Å². The summed E-state index contributed by atoms with van der Waals surface area (Å²) >= 11 is 0.792. The zero-order valence-electron chi connectivity index (χ0n) is 17.6. The molecule has 172 valence electrons. The number of nitro groups is 1. The number of hydrogen-bond acceptors (Lipinski definition) is 8. The molecule has 0 bridgehead atoms. The SMILES string of the molecule is COc1cc(/C=C2\SC(=O)N(Cc3ccc(F)cc3)C2=O)ccc1Oc1ncccc1[N+](=O)[O-]. The van der Waals surface area contributed by atoms with Crippen LogP contribution in [0.1, 0.15) is 11.1 Å². The lowest BCUT2D eigenvalue weighted by molar-refractivity contribution is -0.386. The highest BCUT2D eigenvalue weighted by Crippen LogP contribution is 2.37. The van der Waals surface area contributed by atoms with E-state index < -0.39 is 21.9 Å². The number of hydrogen-bond donors (Lipinski definition) is 0. The van der Waals surface area contributed by atoms with Gasteiger partial charge in [-0.3, -0.25) is 24.6 Å². The summed E-state index contributed by atoms with van der Waals surface area (Å²) < 4.78 is 24.0. The Morgan fingerprint density at radius 3 is 2.62 bits per heavy atom. The van der Waals surface area contributed by atoms with E-state index in [0.29, 0.717) is 11.1 Å². The average molecular weight is 481 g/mol. The molecule has 0 radical (unpaired) electrons. The first-order chi connectivity index (χ1) is 16.4. The van der Waals surface area contributed by atoms with Crippen LogP contribution in [0.25, 0.3) is 6.08 Å². The lowest BCUT2D eigenvalue weighted by Gasteiger charge is -2.12. The Kier molecular flexibility index (Phi) is 6.55. The maximum Gasteiger partial charge on any atom is 0.331 e. The lowest BCUT2D eigenvalue weighted by Crippen LogP contribution is -2.27. The minimum atomic E-state index is -0.606. The van der Waals surface area contributed by atoms with Crippen molar-refractivity contribution in [2.75, 3.05) is 7.11 Å². The summed E-state index contributed by atoms with van der Waals surface area (Å²) in [6, 6.07) is 12.9.